The van der Waals surface area contributed by atoms with Crippen molar-refractivity contribution in [2.45, 2.75) is 12.8 Å². The second-order valence-electron chi connectivity index (χ2n) is 13.0. The number of rotatable bonds is 8. The molecule has 0 aliphatic carbocycles. The molecule has 0 radical (unpaired) electrons. The van der Waals surface area contributed by atoms with Crippen LogP contribution in [0.1, 0.15) is 11.1 Å². The van der Waals surface area contributed by atoms with Crippen molar-refractivity contribution < 1.29 is 0 Å². The molecular weight excluding hydrogens is 705 g/mol. The van der Waals surface area contributed by atoms with Crippen LogP contribution in [0.3, 0.4) is 0 Å². The molecule has 54 heavy (non-hydrogen) atoms. The molecule has 6 aromatic heterocycles. The van der Waals surface area contributed by atoms with E-state index in [9.17, 15) is 0 Å². The van der Waals surface area contributed by atoms with Gasteiger partial charge in [-0.05, 0) is 120 Å². The van der Waals surface area contributed by atoms with Gasteiger partial charge in [0.05, 0.1) is 34.5 Å². The fraction of sp³-hybridized carbons (Fsp3) is 0.0909. The summed E-state index contributed by atoms with van der Waals surface area (Å²) in [5, 5.41) is 6.43. The molecule has 0 unspecified atom stereocenters. The zero-order valence-corrected chi connectivity index (χ0v) is 31.0. The molecule has 0 aliphatic rings. The van der Waals surface area contributed by atoms with Crippen LogP contribution < -0.4 is 11.5 Å². The van der Waals surface area contributed by atoms with E-state index in [1.54, 1.807) is 22.7 Å². The first-order valence-electron chi connectivity index (χ1n) is 17.8. The average molecular weight is 741 g/mol. The Morgan fingerprint density at radius 3 is 1.31 bits per heavy atom. The molecule has 0 amide bonds. The number of imidazole rings is 2. The predicted octanol–water partition coefficient (Wildman–Crippen LogP) is 9.61. The lowest BCUT2D eigenvalue weighted by Crippen LogP contribution is -2.02. The van der Waals surface area contributed by atoms with Gasteiger partial charge in [0.15, 0.2) is 0 Å². The van der Waals surface area contributed by atoms with Crippen LogP contribution in [-0.2, 0) is 12.8 Å². The summed E-state index contributed by atoms with van der Waals surface area (Å²) in [5.41, 5.74) is 24.3. The number of hydrogen-bond acceptors (Lipinski definition) is 8. The van der Waals surface area contributed by atoms with Crippen molar-refractivity contribution in [3.05, 3.63) is 156 Å². The number of pyridine rings is 2. The molecule has 264 valence electrons. The number of aromatic nitrogens is 6. The van der Waals surface area contributed by atoms with Gasteiger partial charge >= 0.3 is 0 Å². The van der Waals surface area contributed by atoms with E-state index in [1.165, 1.54) is 32.0 Å². The maximum Gasteiger partial charge on any atom is 0.108 e. The standard InChI is InChI=1S/2C22H18N4S/c2*23-10-9-15-3-6-17(7-4-15)26-14-25-20-13-24-19-8-5-16(12-18(19)22(20)26)21-2-1-11-27-21/h2*1-8,11-14H,9-10,23H2. The smallest absolute Gasteiger partial charge is 0.108 e. The Morgan fingerprint density at radius 1 is 0.481 bits per heavy atom. The largest absolute Gasteiger partial charge is 0.330 e. The second kappa shape index (κ2) is 14.8. The number of hydrogen-bond donors (Lipinski definition) is 2. The molecule has 0 atom stereocenters. The molecule has 0 bridgehead atoms. The van der Waals surface area contributed by atoms with Gasteiger partial charge in [-0.25, -0.2) is 9.97 Å². The topological polar surface area (TPSA) is 113 Å². The lowest BCUT2D eigenvalue weighted by atomic mass is 10.1. The summed E-state index contributed by atoms with van der Waals surface area (Å²) in [4.78, 5) is 20.9. The summed E-state index contributed by atoms with van der Waals surface area (Å²) in [7, 11) is 0. The van der Waals surface area contributed by atoms with Crippen LogP contribution in [-0.4, -0.2) is 42.2 Å². The number of thiophene rings is 2. The third-order valence-corrected chi connectivity index (χ3v) is 11.5. The molecule has 6 heterocycles. The van der Waals surface area contributed by atoms with Gasteiger partial charge in [0.1, 0.15) is 23.7 Å². The van der Waals surface area contributed by atoms with Crippen LogP contribution in [0.2, 0.25) is 0 Å². The summed E-state index contributed by atoms with van der Waals surface area (Å²) < 4.78 is 4.29. The van der Waals surface area contributed by atoms with Gasteiger partial charge in [0, 0.05) is 31.9 Å². The Labute approximate surface area is 320 Å². The second-order valence-corrected chi connectivity index (χ2v) is 14.9. The van der Waals surface area contributed by atoms with Crippen molar-refractivity contribution in [1.29, 1.82) is 0 Å². The number of benzene rings is 4. The number of nitrogens with two attached hydrogens (primary N) is 2. The monoisotopic (exact) mass is 740 g/mol. The van der Waals surface area contributed by atoms with Crippen LogP contribution in [0.15, 0.2) is 145 Å². The van der Waals surface area contributed by atoms with E-state index in [4.69, 9.17) is 11.5 Å². The van der Waals surface area contributed by atoms with Crippen LogP contribution in [0.5, 0.6) is 0 Å². The quantitative estimate of drug-likeness (QED) is 0.160. The fourth-order valence-corrected chi connectivity index (χ4v) is 8.40. The fourth-order valence-electron chi connectivity index (χ4n) is 6.95. The molecule has 0 fully saturated rings. The van der Waals surface area contributed by atoms with Crippen LogP contribution in [0.25, 0.3) is 76.1 Å². The minimum Gasteiger partial charge on any atom is -0.330 e. The highest BCUT2D eigenvalue weighted by Gasteiger charge is 2.13. The van der Waals surface area contributed by atoms with Gasteiger partial charge < -0.3 is 11.5 Å². The molecule has 0 saturated heterocycles. The van der Waals surface area contributed by atoms with Crippen molar-refractivity contribution >= 4 is 66.5 Å². The first kappa shape index (κ1) is 33.8. The maximum atomic E-state index is 5.66. The van der Waals surface area contributed by atoms with Gasteiger partial charge in [0.2, 0.25) is 0 Å². The molecule has 10 heteroatoms. The van der Waals surface area contributed by atoms with E-state index in [1.807, 2.05) is 25.0 Å². The molecule has 0 aliphatic heterocycles. The van der Waals surface area contributed by atoms with E-state index in [-0.39, 0.29) is 0 Å². The minimum absolute atomic E-state index is 0.662. The summed E-state index contributed by atoms with van der Waals surface area (Å²) in [5.74, 6) is 0. The molecular formula is C44H36N8S2. The minimum atomic E-state index is 0.662. The van der Waals surface area contributed by atoms with Crippen LogP contribution in [0.4, 0.5) is 0 Å². The lowest BCUT2D eigenvalue weighted by molar-refractivity contribution is 0.966. The molecule has 10 rings (SSSR count). The predicted molar refractivity (Wildman–Crippen MR) is 225 cm³/mol. The highest BCUT2D eigenvalue weighted by Crippen LogP contribution is 2.33. The van der Waals surface area contributed by atoms with Crippen LogP contribution >= 0.6 is 22.7 Å². The molecule has 10 aromatic rings. The molecule has 0 saturated carbocycles. The summed E-state index contributed by atoms with van der Waals surface area (Å²) in [6.45, 7) is 1.32. The molecule has 4 N–H and O–H groups in total. The van der Waals surface area contributed by atoms with Crippen molar-refractivity contribution in [3.8, 4) is 32.3 Å². The van der Waals surface area contributed by atoms with Gasteiger partial charge in [0.25, 0.3) is 0 Å². The summed E-state index contributed by atoms with van der Waals surface area (Å²) >= 11 is 3.49. The summed E-state index contributed by atoms with van der Waals surface area (Å²) in [6, 6.07) is 38.4. The third kappa shape index (κ3) is 6.46. The first-order chi connectivity index (χ1) is 26.7. The Hall–Kier alpha value is -6.04. The lowest BCUT2D eigenvalue weighted by Gasteiger charge is -2.09. The zero-order chi connectivity index (χ0) is 36.4. The van der Waals surface area contributed by atoms with E-state index < -0.39 is 0 Å². The Morgan fingerprint density at radius 2 is 0.926 bits per heavy atom. The molecule has 0 spiro atoms. The highest BCUT2D eigenvalue weighted by atomic mass is 32.1. The highest BCUT2D eigenvalue weighted by molar-refractivity contribution is 7.13. The zero-order valence-electron chi connectivity index (χ0n) is 29.3. The van der Waals surface area contributed by atoms with E-state index >= 15 is 0 Å². The SMILES string of the molecule is NCCc1ccc(-n2cnc3cnc4ccc(-c5cccs5)cc4c32)cc1.NCCc1ccc(-n2cnc3cnc4ccc(-c5cccs5)cc4c32)cc1. The Balaban J connectivity index is 0.000000142. The van der Waals surface area contributed by atoms with Gasteiger partial charge in [-0.1, -0.05) is 48.5 Å². The summed E-state index contributed by atoms with van der Waals surface area (Å²) in [6.07, 6.45) is 9.23. The van der Waals surface area contributed by atoms with Crippen LogP contribution in [0, 0.1) is 0 Å². The number of nitrogens with zero attached hydrogens (tertiary/aromatic N) is 6. The van der Waals surface area contributed by atoms with E-state index in [2.05, 4.69) is 149 Å². The van der Waals surface area contributed by atoms with Gasteiger partial charge in [-0.3, -0.25) is 19.1 Å². The third-order valence-electron chi connectivity index (χ3n) is 9.65. The van der Waals surface area contributed by atoms with E-state index in [0.29, 0.717) is 13.1 Å². The van der Waals surface area contributed by atoms with Crippen molar-refractivity contribution in [2.75, 3.05) is 13.1 Å². The Kier molecular flexibility index (Phi) is 9.24. The Bertz CT molecular complexity index is 2640. The number of fused-ring (bicyclic) bond motifs is 6. The molecule has 8 nitrogen and oxygen atoms in total. The van der Waals surface area contributed by atoms with Gasteiger partial charge in [-0.2, -0.15) is 0 Å². The van der Waals surface area contributed by atoms with Crippen molar-refractivity contribution in [2.24, 2.45) is 11.5 Å². The average Bonchev–Trinajstić information content (AvgIpc) is 4.06. The first-order valence-corrected chi connectivity index (χ1v) is 19.6. The van der Waals surface area contributed by atoms with E-state index in [0.717, 1.165) is 68.1 Å². The van der Waals surface area contributed by atoms with Crippen molar-refractivity contribution in [3.63, 3.8) is 0 Å². The van der Waals surface area contributed by atoms with Gasteiger partial charge in [-0.15, -0.1) is 22.7 Å². The van der Waals surface area contributed by atoms with Crippen molar-refractivity contribution in [1.82, 2.24) is 29.1 Å². The normalized spacial score (nSPS) is 11.4. The molecule has 4 aromatic carbocycles. The maximum absolute atomic E-state index is 5.66.